The van der Waals surface area contributed by atoms with E-state index >= 15 is 0 Å². The maximum absolute atomic E-state index is 12.3. The number of benzene rings is 2. The maximum Gasteiger partial charge on any atom is 0.185 e. The van der Waals surface area contributed by atoms with E-state index in [9.17, 15) is 15.0 Å². The number of ether oxygens (including phenoxy) is 1. The molecule has 2 aromatic rings. The van der Waals surface area contributed by atoms with Gasteiger partial charge in [0.15, 0.2) is 5.78 Å². The summed E-state index contributed by atoms with van der Waals surface area (Å²) in [6, 6.07) is 9.42. The Morgan fingerprint density at radius 1 is 1.04 bits per heavy atom. The van der Waals surface area contributed by atoms with E-state index in [2.05, 4.69) is 0 Å². The zero-order valence-electron chi connectivity index (χ0n) is 14.8. The summed E-state index contributed by atoms with van der Waals surface area (Å²) in [6.07, 6.45) is 3.11. The molecule has 4 nitrogen and oxygen atoms in total. The lowest BCUT2D eigenvalue weighted by molar-refractivity contribution is 0.104. The van der Waals surface area contributed by atoms with Gasteiger partial charge in [0.25, 0.3) is 0 Å². The predicted octanol–water partition coefficient (Wildman–Crippen LogP) is 4.82. The third-order valence-corrected chi connectivity index (χ3v) is 4.07. The third-order valence-electron chi connectivity index (χ3n) is 4.07. The van der Waals surface area contributed by atoms with E-state index in [-0.39, 0.29) is 17.3 Å². The molecule has 0 amide bonds. The molecule has 0 bridgehead atoms. The van der Waals surface area contributed by atoms with E-state index in [4.69, 9.17) is 4.74 Å². The van der Waals surface area contributed by atoms with Crippen LogP contribution in [0.1, 0.15) is 42.3 Å². The van der Waals surface area contributed by atoms with Crippen molar-refractivity contribution in [3.8, 4) is 17.2 Å². The highest BCUT2D eigenvalue weighted by Gasteiger charge is 2.11. The number of hydrogen-bond donors (Lipinski definition) is 2. The Morgan fingerprint density at radius 2 is 1.68 bits per heavy atom. The van der Waals surface area contributed by atoms with Crippen LogP contribution in [0.2, 0.25) is 0 Å². The van der Waals surface area contributed by atoms with Gasteiger partial charge in [-0.15, -0.1) is 0 Å². The summed E-state index contributed by atoms with van der Waals surface area (Å²) >= 11 is 0. The molecule has 0 radical (unpaired) electrons. The normalized spacial score (nSPS) is 10.7. The quantitative estimate of drug-likeness (QED) is 0.606. The number of carbonyl (C=O) groups excluding carboxylic acids is 1. The highest BCUT2D eigenvalue weighted by atomic mass is 16.5. The third kappa shape index (κ3) is 4.29. The minimum Gasteiger partial charge on any atom is -0.508 e. The SMILES string of the molecule is COc1cc(O)c(C(C)=C(C)C)cc1/C=C/C(=O)c1ccc(O)cc1. The minimum absolute atomic E-state index is 0.113. The summed E-state index contributed by atoms with van der Waals surface area (Å²) in [6.45, 7) is 5.89. The lowest BCUT2D eigenvalue weighted by Crippen LogP contribution is -1.95. The van der Waals surface area contributed by atoms with Crippen molar-refractivity contribution >= 4 is 17.4 Å². The number of aromatic hydroxyl groups is 2. The Hall–Kier alpha value is -3.01. The number of methoxy groups -OCH3 is 1. The van der Waals surface area contributed by atoms with Crippen molar-refractivity contribution in [2.24, 2.45) is 0 Å². The van der Waals surface area contributed by atoms with Gasteiger partial charge in [-0.3, -0.25) is 4.79 Å². The fourth-order valence-corrected chi connectivity index (χ4v) is 2.35. The number of phenols is 2. The summed E-state index contributed by atoms with van der Waals surface area (Å²) < 4.78 is 5.30. The Labute approximate surface area is 147 Å². The standard InChI is InChI=1S/C21H22O4/c1-13(2)14(3)18-11-16(21(25-4)12-20(18)24)7-10-19(23)15-5-8-17(22)9-6-15/h5-12,22,24H,1-4H3/b10-7+. The van der Waals surface area contributed by atoms with E-state index in [1.165, 1.54) is 25.3 Å². The number of carbonyl (C=O) groups is 1. The summed E-state index contributed by atoms with van der Waals surface area (Å²) in [5.41, 5.74) is 3.95. The summed E-state index contributed by atoms with van der Waals surface area (Å²) in [5.74, 6) is 0.549. The van der Waals surface area contributed by atoms with Crippen LogP contribution < -0.4 is 4.74 Å². The van der Waals surface area contributed by atoms with E-state index in [0.717, 1.165) is 11.1 Å². The van der Waals surface area contributed by atoms with Gasteiger partial charge < -0.3 is 14.9 Å². The maximum atomic E-state index is 12.3. The molecule has 0 spiro atoms. The first-order chi connectivity index (χ1) is 11.8. The van der Waals surface area contributed by atoms with Crippen LogP contribution in [0.3, 0.4) is 0 Å². The summed E-state index contributed by atoms with van der Waals surface area (Å²) in [7, 11) is 1.52. The first-order valence-electron chi connectivity index (χ1n) is 7.90. The number of phenolic OH excluding ortho intramolecular Hbond substituents is 2. The molecule has 130 valence electrons. The highest BCUT2D eigenvalue weighted by Crippen LogP contribution is 2.34. The van der Waals surface area contributed by atoms with Gasteiger partial charge in [0.05, 0.1) is 7.11 Å². The number of hydrogen-bond acceptors (Lipinski definition) is 4. The molecule has 0 saturated carbocycles. The zero-order chi connectivity index (χ0) is 18.6. The van der Waals surface area contributed by atoms with Crippen LogP contribution in [0.25, 0.3) is 11.6 Å². The van der Waals surface area contributed by atoms with Crippen molar-refractivity contribution in [3.05, 3.63) is 64.7 Å². The molecule has 25 heavy (non-hydrogen) atoms. The van der Waals surface area contributed by atoms with Crippen molar-refractivity contribution < 1.29 is 19.7 Å². The predicted molar refractivity (Wildman–Crippen MR) is 100 cm³/mol. The van der Waals surface area contributed by atoms with Gasteiger partial charge in [0, 0.05) is 22.8 Å². The molecule has 4 heteroatoms. The van der Waals surface area contributed by atoms with Gasteiger partial charge in [0.2, 0.25) is 0 Å². The van der Waals surface area contributed by atoms with Crippen molar-refractivity contribution in [1.29, 1.82) is 0 Å². The highest BCUT2D eigenvalue weighted by molar-refractivity contribution is 6.07. The molecule has 2 rings (SSSR count). The monoisotopic (exact) mass is 338 g/mol. The summed E-state index contributed by atoms with van der Waals surface area (Å²) in [4.78, 5) is 12.3. The average molecular weight is 338 g/mol. The van der Waals surface area contributed by atoms with Crippen LogP contribution in [0.4, 0.5) is 0 Å². The molecule has 0 aliphatic heterocycles. The van der Waals surface area contributed by atoms with Crippen LogP contribution in [-0.2, 0) is 0 Å². The van der Waals surface area contributed by atoms with Crippen LogP contribution in [-0.4, -0.2) is 23.1 Å². The fraction of sp³-hybridized carbons (Fsp3) is 0.190. The van der Waals surface area contributed by atoms with Gasteiger partial charge in [-0.25, -0.2) is 0 Å². The number of ketones is 1. The molecule has 0 aliphatic rings. The average Bonchev–Trinajstić information content (AvgIpc) is 2.59. The van der Waals surface area contributed by atoms with Gasteiger partial charge in [-0.2, -0.15) is 0 Å². The van der Waals surface area contributed by atoms with Crippen LogP contribution in [0.5, 0.6) is 17.2 Å². The molecule has 0 unspecified atom stereocenters. The second kappa shape index (κ2) is 7.71. The first-order valence-corrected chi connectivity index (χ1v) is 7.90. The molecule has 0 heterocycles. The molecular weight excluding hydrogens is 316 g/mol. The number of rotatable bonds is 5. The largest absolute Gasteiger partial charge is 0.508 e. The Balaban J connectivity index is 2.40. The summed E-state index contributed by atoms with van der Waals surface area (Å²) in [5, 5.41) is 19.5. The van der Waals surface area contributed by atoms with Gasteiger partial charge in [-0.1, -0.05) is 5.57 Å². The van der Waals surface area contributed by atoms with E-state index < -0.39 is 0 Å². The second-order valence-corrected chi connectivity index (χ2v) is 5.98. The van der Waals surface area contributed by atoms with E-state index in [1.54, 1.807) is 30.3 Å². The molecule has 0 fully saturated rings. The van der Waals surface area contributed by atoms with Crippen molar-refractivity contribution in [3.63, 3.8) is 0 Å². The Kier molecular flexibility index (Phi) is 5.65. The zero-order valence-corrected chi connectivity index (χ0v) is 14.8. The molecular formula is C21H22O4. The second-order valence-electron chi connectivity index (χ2n) is 5.98. The molecule has 2 N–H and O–H groups in total. The smallest absolute Gasteiger partial charge is 0.185 e. The van der Waals surface area contributed by atoms with Crippen LogP contribution in [0, 0.1) is 0 Å². The van der Waals surface area contributed by atoms with Gasteiger partial charge >= 0.3 is 0 Å². The molecule has 2 aromatic carbocycles. The van der Waals surface area contributed by atoms with Crippen molar-refractivity contribution in [1.82, 2.24) is 0 Å². The lowest BCUT2D eigenvalue weighted by Gasteiger charge is -2.12. The first kappa shape index (κ1) is 18.3. The Morgan fingerprint density at radius 3 is 2.24 bits per heavy atom. The van der Waals surface area contributed by atoms with Crippen molar-refractivity contribution in [2.45, 2.75) is 20.8 Å². The van der Waals surface area contributed by atoms with Crippen LogP contribution in [0.15, 0.2) is 48.0 Å². The van der Waals surface area contributed by atoms with E-state index in [1.807, 2.05) is 20.8 Å². The van der Waals surface area contributed by atoms with Gasteiger partial charge in [0.1, 0.15) is 17.2 Å². The molecule has 0 aromatic heterocycles. The topological polar surface area (TPSA) is 66.8 Å². The lowest BCUT2D eigenvalue weighted by atomic mass is 9.98. The molecule has 0 saturated heterocycles. The Bertz CT molecular complexity index is 839. The van der Waals surface area contributed by atoms with Crippen LogP contribution >= 0.6 is 0 Å². The van der Waals surface area contributed by atoms with Gasteiger partial charge in [-0.05, 0) is 68.8 Å². The fourth-order valence-electron chi connectivity index (χ4n) is 2.35. The van der Waals surface area contributed by atoms with Crippen molar-refractivity contribution in [2.75, 3.05) is 7.11 Å². The minimum atomic E-state index is -0.185. The number of allylic oxidation sites excluding steroid dienone is 3. The molecule has 0 aliphatic carbocycles. The van der Waals surface area contributed by atoms with E-state index in [0.29, 0.717) is 22.4 Å². The molecule has 0 atom stereocenters.